The summed E-state index contributed by atoms with van der Waals surface area (Å²) in [5, 5.41) is 8.08. The number of carbonyl (C=O) groups is 2. The summed E-state index contributed by atoms with van der Waals surface area (Å²) in [6, 6.07) is 10.6. The third-order valence-corrected chi connectivity index (χ3v) is 8.28. The quantitative estimate of drug-likeness (QED) is 0.442. The van der Waals surface area contributed by atoms with E-state index < -0.39 is 6.04 Å². The maximum absolute atomic E-state index is 13.8. The van der Waals surface area contributed by atoms with E-state index in [2.05, 4.69) is 29.4 Å². The molecule has 7 nitrogen and oxygen atoms in total. The molecule has 0 bridgehead atoms. The molecule has 1 atom stereocenters. The molecule has 39 heavy (non-hydrogen) atoms. The maximum Gasteiger partial charge on any atom is 0.224 e. The number of morpholine rings is 1. The minimum Gasteiger partial charge on any atom is -0.379 e. The number of hydrogen-bond donors (Lipinski definition) is 2. The van der Waals surface area contributed by atoms with Crippen LogP contribution in [0.4, 0.5) is 11.4 Å². The third-order valence-electron chi connectivity index (χ3n) is 7.72. The fourth-order valence-electron chi connectivity index (χ4n) is 5.95. The number of benzene rings is 2. The highest BCUT2D eigenvalue weighted by Gasteiger charge is 2.43. The molecule has 9 heteroatoms. The highest BCUT2D eigenvalue weighted by molar-refractivity contribution is 6.35. The Morgan fingerprint density at radius 3 is 2.64 bits per heavy atom. The van der Waals surface area contributed by atoms with Crippen molar-refractivity contribution in [1.29, 1.82) is 0 Å². The third kappa shape index (κ3) is 6.03. The molecule has 1 amide bonds. The predicted octanol–water partition coefficient (Wildman–Crippen LogP) is 5.58. The van der Waals surface area contributed by atoms with E-state index >= 15 is 0 Å². The van der Waals surface area contributed by atoms with Crippen molar-refractivity contribution in [3.63, 3.8) is 0 Å². The van der Waals surface area contributed by atoms with E-state index in [-0.39, 0.29) is 17.1 Å². The lowest BCUT2D eigenvalue weighted by Crippen LogP contribution is -2.40. The van der Waals surface area contributed by atoms with Crippen molar-refractivity contribution in [3.8, 4) is 0 Å². The number of nitrogens with one attached hydrogen (secondary N) is 2. The Balaban J connectivity index is 1.56. The molecule has 1 saturated heterocycles. The van der Waals surface area contributed by atoms with Crippen LogP contribution in [0.2, 0.25) is 10.0 Å². The number of para-hydroxylation sites is 1. The average Bonchev–Trinajstić information content (AvgIpc) is 3.01. The SMILES string of the molecule is CC(=O)N1c2c(CNCCN3CCOCC3)cccc2NC2=C(C(=O)CC(C)(C)C2)C1c1ccc(Cl)cc1Cl. The predicted molar refractivity (Wildman–Crippen MR) is 156 cm³/mol. The Hall–Kier alpha value is -2.42. The van der Waals surface area contributed by atoms with Crippen LogP contribution in [-0.4, -0.2) is 56.0 Å². The van der Waals surface area contributed by atoms with E-state index in [0.29, 0.717) is 40.6 Å². The molecule has 5 rings (SSSR count). The summed E-state index contributed by atoms with van der Waals surface area (Å²) in [5.41, 5.74) is 4.45. The summed E-state index contributed by atoms with van der Waals surface area (Å²) in [5.74, 6) is -0.143. The van der Waals surface area contributed by atoms with E-state index in [1.165, 1.54) is 0 Å². The van der Waals surface area contributed by atoms with Gasteiger partial charge in [-0.1, -0.05) is 55.2 Å². The summed E-state index contributed by atoms with van der Waals surface area (Å²) in [6.45, 7) is 11.5. The number of nitrogens with zero attached hydrogens (tertiary/aromatic N) is 2. The van der Waals surface area contributed by atoms with Crippen LogP contribution in [0.3, 0.4) is 0 Å². The number of Topliss-reactive ketones (excluding diaryl/α,β-unsaturated/α-hetero) is 1. The average molecular weight is 572 g/mol. The second kappa shape index (κ2) is 11.6. The van der Waals surface area contributed by atoms with Crippen molar-refractivity contribution in [3.05, 3.63) is 68.8 Å². The van der Waals surface area contributed by atoms with E-state index in [1.54, 1.807) is 24.0 Å². The molecule has 1 unspecified atom stereocenters. The van der Waals surface area contributed by atoms with Gasteiger partial charge in [0.25, 0.3) is 0 Å². The molecule has 0 spiro atoms. The lowest BCUT2D eigenvalue weighted by Gasteiger charge is -2.37. The molecule has 1 aliphatic carbocycles. The second-order valence-electron chi connectivity index (χ2n) is 11.4. The van der Waals surface area contributed by atoms with Gasteiger partial charge in [0.1, 0.15) is 0 Å². The normalized spacial score (nSPS) is 21.2. The highest BCUT2D eigenvalue weighted by Crippen LogP contribution is 2.50. The molecular weight excluding hydrogens is 535 g/mol. The molecule has 2 aromatic carbocycles. The highest BCUT2D eigenvalue weighted by atomic mass is 35.5. The molecule has 3 aliphatic rings. The maximum atomic E-state index is 13.8. The minimum atomic E-state index is -0.672. The van der Waals surface area contributed by atoms with Crippen LogP contribution in [-0.2, 0) is 20.9 Å². The molecule has 2 aliphatic heterocycles. The first-order chi connectivity index (χ1) is 18.6. The number of ketones is 1. The molecule has 208 valence electrons. The smallest absolute Gasteiger partial charge is 0.224 e. The Morgan fingerprint density at radius 1 is 1.15 bits per heavy atom. The van der Waals surface area contributed by atoms with Crippen LogP contribution in [0.5, 0.6) is 0 Å². The first-order valence-electron chi connectivity index (χ1n) is 13.6. The number of anilines is 2. The summed E-state index contributed by atoms with van der Waals surface area (Å²) in [4.78, 5) is 31.5. The second-order valence-corrected chi connectivity index (χ2v) is 12.2. The molecule has 2 aromatic rings. The number of hydrogen-bond acceptors (Lipinski definition) is 6. The summed E-state index contributed by atoms with van der Waals surface area (Å²) in [6.07, 6.45) is 1.08. The van der Waals surface area contributed by atoms with Gasteiger partial charge >= 0.3 is 0 Å². The Bertz CT molecular complexity index is 1300. The van der Waals surface area contributed by atoms with Crippen LogP contribution in [0.15, 0.2) is 47.7 Å². The van der Waals surface area contributed by atoms with Gasteiger partial charge in [-0.2, -0.15) is 0 Å². The van der Waals surface area contributed by atoms with E-state index in [4.69, 9.17) is 27.9 Å². The Kier molecular flexibility index (Phi) is 8.36. The van der Waals surface area contributed by atoms with Gasteiger partial charge in [0, 0.05) is 67.4 Å². The molecule has 2 heterocycles. The molecular formula is C30H36Cl2N4O3. The van der Waals surface area contributed by atoms with Crippen molar-refractivity contribution in [2.75, 3.05) is 49.6 Å². The molecule has 0 aromatic heterocycles. The lowest BCUT2D eigenvalue weighted by molar-refractivity contribution is -0.118. The number of rotatable bonds is 6. The lowest BCUT2D eigenvalue weighted by atomic mass is 9.73. The number of carbonyl (C=O) groups excluding carboxylic acids is 2. The van der Waals surface area contributed by atoms with Crippen molar-refractivity contribution < 1.29 is 14.3 Å². The minimum absolute atomic E-state index is 0.0222. The topological polar surface area (TPSA) is 73.9 Å². The Labute approximate surface area is 240 Å². The van der Waals surface area contributed by atoms with Gasteiger partial charge in [0.2, 0.25) is 5.91 Å². The molecule has 1 fully saturated rings. The Morgan fingerprint density at radius 2 is 1.92 bits per heavy atom. The zero-order chi connectivity index (χ0) is 27.7. The summed E-state index contributed by atoms with van der Waals surface area (Å²) < 4.78 is 5.45. The number of amides is 1. The van der Waals surface area contributed by atoms with Crippen LogP contribution in [0, 0.1) is 5.41 Å². The number of halogens is 2. The standard InChI is InChI=1S/C30H36Cl2N4O3/c1-19(37)36-28-20(18-33-9-10-35-11-13-39-14-12-35)5-4-6-24(28)34-25-16-30(2,3)17-26(38)27(25)29(36)22-8-7-21(31)15-23(22)32/h4-8,15,29,33-34H,9-14,16-18H2,1-3H3. The van der Waals surface area contributed by atoms with Crippen LogP contribution in [0.25, 0.3) is 0 Å². The van der Waals surface area contributed by atoms with E-state index in [0.717, 1.165) is 62.0 Å². The van der Waals surface area contributed by atoms with Crippen LogP contribution < -0.4 is 15.5 Å². The molecule has 0 radical (unpaired) electrons. The van der Waals surface area contributed by atoms with Crippen LogP contribution >= 0.6 is 23.2 Å². The summed E-state index contributed by atoms with van der Waals surface area (Å²) in [7, 11) is 0. The monoisotopic (exact) mass is 570 g/mol. The molecule has 0 saturated carbocycles. The van der Waals surface area contributed by atoms with Gasteiger partial charge in [-0.05, 0) is 41.2 Å². The summed E-state index contributed by atoms with van der Waals surface area (Å²) >= 11 is 13.0. The van der Waals surface area contributed by atoms with Gasteiger partial charge in [-0.25, -0.2) is 0 Å². The number of fused-ring (bicyclic) bond motifs is 1. The van der Waals surface area contributed by atoms with Gasteiger partial charge in [0.15, 0.2) is 5.78 Å². The zero-order valence-corrected chi connectivity index (χ0v) is 24.3. The fraction of sp³-hybridized carbons (Fsp3) is 0.467. The van der Waals surface area contributed by atoms with Gasteiger partial charge in [0.05, 0.1) is 30.6 Å². The van der Waals surface area contributed by atoms with Crippen molar-refractivity contribution in [2.24, 2.45) is 5.41 Å². The van der Waals surface area contributed by atoms with Gasteiger partial charge < -0.3 is 15.4 Å². The first-order valence-corrected chi connectivity index (χ1v) is 14.3. The van der Waals surface area contributed by atoms with Gasteiger partial charge in [-0.15, -0.1) is 0 Å². The van der Waals surface area contributed by atoms with Crippen molar-refractivity contribution >= 4 is 46.3 Å². The zero-order valence-electron chi connectivity index (χ0n) is 22.8. The van der Waals surface area contributed by atoms with Gasteiger partial charge in [-0.3, -0.25) is 19.4 Å². The van der Waals surface area contributed by atoms with Crippen molar-refractivity contribution in [2.45, 2.75) is 46.2 Å². The number of ether oxygens (including phenoxy) is 1. The fourth-order valence-corrected chi connectivity index (χ4v) is 6.46. The van der Waals surface area contributed by atoms with Crippen LogP contribution in [0.1, 0.15) is 50.8 Å². The van der Waals surface area contributed by atoms with E-state index in [1.807, 2.05) is 24.3 Å². The largest absolute Gasteiger partial charge is 0.379 e. The molecule has 2 N–H and O–H groups in total. The number of allylic oxidation sites excluding steroid dienone is 1. The van der Waals surface area contributed by atoms with E-state index in [9.17, 15) is 9.59 Å². The first kappa shape index (κ1) is 28.1. The van der Waals surface area contributed by atoms with Crippen molar-refractivity contribution in [1.82, 2.24) is 10.2 Å².